The average molecular weight is 315 g/mol. The summed E-state index contributed by atoms with van der Waals surface area (Å²) in [6.45, 7) is 0.333. The molecule has 1 aromatic carbocycles. The molecule has 3 aromatic rings. The molecule has 0 atom stereocenters. The zero-order valence-electron chi connectivity index (χ0n) is 11.8. The average Bonchev–Trinajstić information content (AvgIpc) is 2.91. The van der Waals surface area contributed by atoms with Gasteiger partial charge in [-0.15, -0.1) is 0 Å². The zero-order chi connectivity index (χ0) is 15.5. The highest BCUT2D eigenvalue weighted by Crippen LogP contribution is 2.22. The molecule has 1 amide bonds. The zero-order valence-corrected chi connectivity index (χ0v) is 12.5. The lowest BCUT2D eigenvalue weighted by Crippen LogP contribution is -2.16. The molecule has 0 aliphatic carbocycles. The molecule has 0 bridgehead atoms. The Balaban J connectivity index is 1.90. The summed E-state index contributed by atoms with van der Waals surface area (Å²) in [4.78, 5) is 16.1. The van der Waals surface area contributed by atoms with Gasteiger partial charge < -0.3 is 15.5 Å². The smallest absolute Gasteiger partial charge is 0.225 e. The van der Waals surface area contributed by atoms with Crippen LogP contribution in [0.3, 0.4) is 0 Å². The van der Waals surface area contributed by atoms with E-state index < -0.39 is 0 Å². The Kier molecular flexibility index (Phi) is 4.09. The van der Waals surface area contributed by atoms with Crippen LogP contribution in [0.2, 0.25) is 5.02 Å². The molecule has 22 heavy (non-hydrogen) atoms. The van der Waals surface area contributed by atoms with Crippen LogP contribution in [0.4, 0.5) is 5.69 Å². The Morgan fingerprint density at radius 1 is 1.18 bits per heavy atom. The first-order chi connectivity index (χ1) is 10.7. The second-order valence-electron chi connectivity index (χ2n) is 4.90. The molecular formula is C16H15ClN4O. The van der Waals surface area contributed by atoms with Crippen LogP contribution in [0.25, 0.3) is 16.9 Å². The number of amides is 1. The maximum atomic E-state index is 11.6. The molecule has 0 radical (unpaired) electrons. The molecule has 0 fully saturated rings. The third-order valence-electron chi connectivity index (χ3n) is 3.25. The van der Waals surface area contributed by atoms with Gasteiger partial charge in [-0.25, -0.2) is 4.98 Å². The predicted molar refractivity (Wildman–Crippen MR) is 87.9 cm³/mol. The minimum atomic E-state index is -0.0973. The summed E-state index contributed by atoms with van der Waals surface area (Å²) in [5, 5.41) is 3.50. The number of hydrogen-bond acceptors (Lipinski definition) is 3. The van der Waals surface area contributed by atoms with Gasteiger partial charge in [0.15, 0.2) is 0 Å². The molecular weight excluding hydrogens is 300 g/mol. The van der Waals surface area contributed by atoms with Gasteiger partial charge >= 0.3 is 0 Å². The first kappa shape index (κ1) is 14.6. The lowest BCUT2D eigenvalue weighted by atomic mass is 10.2. The maximum absolute atomic E-state index is 11.6. The van der Waals surface area contributed by atoms with E-state index in [1.807, 2.05) is 53.2 Å². The number of halogens is 1. The van der Waals surface area contributed by atoms with E-state index >= 15 is 0 Å². The van der Waals surface area contributed by atoms with Crippen LogP contribution in [-0.4, -0.2) is 21.8 Å². The van der Waals surface area contributed by atoms with E-state index in [4.69, 9.17) is 17.3 Å². The van der Waals surface area contributed by atoms with Crippen LogP contribution in [0.5, 0.6) is 0 Å². The molecule has 2 aromatic heterocycles. The molecule has 0 saturated heterocycles. The third kappa shape index (κ3) is 3.10. The van der Waals surface area contributed by atoms with E-state index in [9.17, 15) is 4.79 Å². The Hall–Kier alpha value is -2.37. The van der Waals surface area contributed by atoms with Crippen LogP contribution in [0.15, 0.2) is 48.8 Å². The summed E-state index contributed by atoms with van der Waals surface area (Å²) >= 11 is 5.90. The first-order valence-electron chi connectivity index (χ1n) is 6.90. The number of nitrogens with one attached hydrogen (secondary N) is 1. The highest BCUT2D eigenvalue weighted by atomic mass is 35.5. The fraction of sp³-hybridized carbons (Fsp3) is 0.125. The van der Waals surface area contributed by atoms with Crippen molar-refractivity contribution >= 4 is 28.8 Å². The topological polar surface area (TPSA) is 72.4 Å². The van der Waals surface area contributed by atoms with Crippen LogP contribution >= 0.6 is 11.6 Å². The summed E-state index contributed by atoms with van der Waals surface area (Å²) in [5.74, 6) is -0.0973. The quantitative estimate of drug-likeness (QED) is 0.777. The Bertz CT molecular complexity index is 811. The van der Waals surface area contributed by atoms with Crippen LogP contribution in [0.1, 0.15) is 6.42 Å². The van der Waals surface area contributed by atoms with Crippen molar-refractivity contribution in [1.29, 1.82) is 0 Å². The number of nitrogens with two attached hydrogens (primary N) is 1. The summed E-state index contributed by atoms with van der Waals surface area (Å²) in [5.41, 5.74) is 8.72. The number of nitrogens with zero attached hydrogens (tertiary/aromatic N) is 2. The van der Waals surface area contributed by atoms with E-state index in [1.165, 1.54) is 0 Å². The lowest BCUT2D eigenvalue weighted by molar-refractivity contribution is -0.116. The van der Waals surface area contributed by atoms with Crippen molar-refractivity contribution in [3.63, 3.8) is 0 Å². The van der Waals surface area contributed by atoms with Gasteiger partial charge in [-0.2, -0.15) is 0 Å². The van der Waals surface area contributed by atoms with Crippen molar-refractivity contribution in [2.75, 3.05) is 11.9 Å². The standard InChI is InChI=1S/C16H15ClN4O/c17-12-3-1-11(2-4-12)14-10-21-9-13(5-6-15(21)20-14)19-16(22)7-8-18/h1-6,9-10H,7-8,18H2,(H,19,22). The van der Waals surface area contributed by atoms with Crippen molar-refractivity contribution in [3.8, 4) is 11.3 Å². The number of fused-ring (bicyclic) bond motifs is 1. The highest BCUT2D eigenvalue weighted by Gasteiger charge is 2.06. The SMILES string of the molecule is NCCC(=O)Nc1ccc2nc(-c3ccc(Cl)cc3)cn2c1. The number of rotatable bonds is 4. The second kappa shape index (κ2) is 6.17. The van der Waals surface area contributed by atoms with Gasteiger partial charge in [0.25, 0.3) is 0 Å². The Labute approximate surface area is 132 Å². The van der Waals surface area contributed by atoms with Crippen molar-refractivity contribution in [2.45, 2.75) is 6.42 Å². The van der Waals surface area contributed by atoms with Crippen LogP contribution < -0.4 is 11.1 Å². The van der Waals surface area contributed by atoms with Crippen molar-refractivity contribution < 1.29 is 4.79 Å². The van der Waals surface area contributed by atoms with Gasteiger partial charge in [-0.3, -0.25) is 4.79 Å². The van der Waals surface area contributed by atoms with Crippen LogP contribution in [0, 0.1) is 0 Å². The Morgan fingerprint density at radius 2 is 1.95 bits per heavy atom. The molecule has 2 heterocycles. The summed E-state index contributed by atoms with van der Waals surface area (Å²) in [7, 11) is 0. The molecule has 0 aliphatic heterocycles. The van der Waals surface area contributed by atoms with Gasteiger partial charge in [0.2, 0.25) is 5.91 Å². The Morgan fingerprint density at radius 3 is 2.68 bits per heavy atom. The van der Waals surface area contributed by atoms with Gasteiger partial charge in [0, 0.05) is 35.9 Å². The second-order valence-corrected chi connectivity index (χ2v) is 5.34. The van der Waals surface area contributed by atoms with Gasteiger partial charge in [-0.1, -0.05) is 23.7 Å². The number of carbonyl (C=O) groups is 1. The fourth-order valence-corrected chi connectivity index (χ4v) is 2.31. The molecule has 3 rings (SSSR count). The van der Waals surface area contributed by atoms with E-state index in [-0.39, 0.29) is 5.91 Å². The monoisotopic (exact) mass is 314 g/mol. The van der Waals surface area contributed by atoms with E-state index in [1.54, 1.807) is 0 Å². The number of hydrogen-bond donors (Lipinski definition) is 2. The minimum Gasteiger partial charge on any atom is -0.330 e. The number of benzene rings is 1. The van der Waals surface area contributed by atoms with E-state index in [2.05, 4.69) is 10.3 Å². The molecule has 0 unspecified atom stereocenters. The molecule has 0 aliphatic rings. The molecule has 5 nitrogen and oxygen atoms in total. The number of aromatic nitrogens is 2. The van der Waals surface area contributed by atoms with Gasteiger partial charge in [0.05, 0.1) is 11.4 Å². The normalized spacial score (nSPS) is 10.8. The molecule has 0 saturated carbocycles. The highest BCUT2D eigenvalue weighted by molar-refractivity contribution is 6.30. The fourth-order valence-electron chi connectivity index (χ4n) is 2.18. The third-order valence-corrected chi connectivity index (χ3v) is 3.50. The summed E-state index contributed by atoms with van der Waals surface area (Å²) in [6, 6.07) is 11.2. The minimum absolute atomic E-state index is 0.0973. The largest absolute Gasteiger partial charge is 0.330 e. The van der Waals surface area contributed by atoms with Gasteiger partial charge in [0.1, 0.15) is 5.65 Å². The van der Waals surface area contributed by atoms with Crippen molar-refractivity contribution in [3.05, 3.63) is 53.8 Å². The van der Waals surface area contributed by atoms with Crippen LogP contribution in [-0.2, 0) is 4.79 Å². The molecule has 6 heteroatoms. The molecule has 112 valence electrons. The first-order valence-corrected chi connectivity index (χ1v) is 7.28. The number of carbonyl (C=O) groups excluding carboxylic acids is 1. The van der Waals surface area contributed by atoms with E-state index in [0.29, 0.717) is 23.7 Å². The number of pyridine rings is 1. The maximum Gasteiger partial charge on any atom is 0.225 e. The predicted octanol–water partition coefficient (Wildman–Crippen LogP) is 2.94. The molecule has 0 spiro atoms. The van der Waals surface area contributed by atoms with Crippen molar-refractivity contribution in [1.82, 2.24) is 9.38 Å². The van der Waals surface area contributed by atoms with Crippen molar-refractivity contribution in [2.24, 2.45) is 5.73 Å². The summed E-state index contributed by atoms with van der Waals surface area (Å²) < 4.78 is 1.88. The van der Waals surface area contributed by atoms with E-state index in [0.717, 1.165) is 16.9 Å². The number of imidazole rings is 1. The molecule has 3 N–H and O–H groups in total. The lowest BCUT2D eigenvalue weighted by Gasteiger charge is -2.04. The summed E-state index contributed by atoms with van der Waals surface area (Å²) in [6.07, 6.45) is 4.05. The number of anilines is 1. The van der Waals surface area contributed by atoms with Gasteiger partial charge in [-0.05, 0) is 24.3 Å².